The highest BCUT2D eigenvalue weighted by Crippen LogP contribution is 2.30. The molecule has 1 unspecified atom stereocenters. The topological polar surface area (TPSA) is 56.7 Å². The third-order valence-corrected chi connectivity index (χ3v) is 5.34. The minimum absolute atomic E-state index is 0.168. The third-order valence-electron chi connectivity index (χ3n) is 4.68. The molecule has 144 valence electrons. The fourth-order valence-electron chi connectivity index (χ4n) is 3.23. The van der Waals surface area contributed by atoms with Crippen LogP contribution in [0.3, 0.4) is 0 Å². The Kier molecular flexibility index (Phi) is 6.74. The average molecular weight is 407 g/mol. The monoisotopic (exact) mass is 406 g/mol. The van der Waals surface area contributed by atoms with Gasteiger partial charge in [-0.1, -0.05) is 36.2 Å². The first-order valence-electron chi connectivity index (χ1n) is 9.01. The minimum Gasteiger partial charge on any atom is -0.356 e. The Morgan fingerprint density at radius 1 is 1.11 bits per heavy atom. The Balaban J connectivity index is 1.56. The van der Waals surface area contributed by atoms with E-state index >= 15 is 0 Å². The first-order valence-corrected chi connectivity index (χ1v) is 9.77. The van der Waals surface area contributed by atoms with Gasteiger partial charge < -0.3 is 15.1 Å². The van der Waals surface area contributed by atoms with Crippen molar-refractivity contribution in [1.29, 1.82) is 0 Å². The average Bonchev–Trinajstić information content (AvgIpc) is 2.69. The third kappa shape index (κ3) is 4.82. The van der Waals surface area contributed by atoms with Crippen LogP contribution in [-0.4, -0.2) is 60.6 Å². The molecule has 0 amide bonds. The van der Waals surface area contributed by atoms with E-state index in [9.17, 15) is 0 Å². The first kappa shape index (κ1) is 19.7. The summed E-state index contributed by atoms with van der Waals surface area (Å²) < 4.78 is 0. The molecule has 0 radical (unpaired) electrons. The second-order valence-electron chi connectivity index (χ2n) is 6.49. The van der Waals surface area contributed by atoms with Gasteiger partial charge in [0.05, 0.1) is 0 Å². The van der Waals surface area contributed by atoms with E-state index in [2.05, 4.69) is 37.0 Å². The standard InChI is InChI=1S/C19H24Cl2N6/c1-14(17-15(20)5-3-6-16(17)21)13-25-18(22-2)26-9-11-27(12-10-26)19-23-7-4-8-24-19/h3-8,14H,9-13H2,1-2H3,(H,22,25). The molecule has 3 rings (SSSR count). The van der Waals surface area contributed by atoms with Crippen LogP contribution in [0.2, 0.25) is 10.0 Å². The van der Waals surface area contributed by atoms with Gasteiger partial charge in [0.15, 0.2) is 5.96 Å². The Hall–Kier alpha value is -2.05. The fourth-order valence-corrected chi connectivity index (χ4v) is 4.00. The Labute approximate surface area is 170 Å². The van der Waals surface area contributed by atoms with Gasteiger partial charge in [-0.25, -0.2) is 9.97 Å². The number of halogens is 2. The molecule has 1 fully saturated rings. The normalized spacial score (nSPS) is 16.4. The van der Waals surface area contributed by atoms with E-state index in [1.165, 1.54) is 0 Å². The predicted octanol–water partition coefficient (Wildman–Crippen LogP) is 3.28. The molecule has 0 aliphatic carbocycles. The summed E-state index contributed by atoms with van der Waals surface area (Å²) in [5.74, 6) is 1.84. The smallest absolute Gasteiger partial charge is 0.225 e. The van der Waals surface area contributed by atoms with E-state index < -0.39 is 0 Å². The Morgan fingerprint density at radius 2 is 1.74 bits per heavy atom. The van der Waals surface area contributed by atoms with Gasteiger partial charge in [-0.05, 0) is 23.8 Å². The maximum absolute atomic E-state index is 6.33. The number of nitrogens with zero attached hydrogens (tertiary/aromatic N) is 5. The molecular formula is C19H24Cl2N6. The zero-order valence-corrected chi connectivity index (χ0v) is 17.1. The van der Waals surface area contributed by atoms with Crippen molar-refractivity contribution in [2.75, 3.05) is 44.7 Å². The number of anilines is 1. The molecule has 6 nitrogen and oxygen atoms in total. The molecule has 1 aliphatic rings. The Bertz CT molecular complexity index is 755. The minimum atomic E-state index is 0.168. The summed E-state index contributed by atoms with van der Waals surface area (Å²) >= 11 is 12.7. The highest BCUT2D eigenvalue weighted by molar-refractivity contribution is 6.36. The van der Waals surface area contributed by atoms with Crippen LogP contribution in [-0.2, 0) is 0 Å². The van der Waals surface area contributed by atoms with Crippen molar-refractivity contribution in [3.05, 3.63) is 52.3 Å². The van der Waals surface area contributed by atoms with Gasteiger partial charge in [0.1, 0.15) is 0 Å². The van der Waals surface area contributed by atoms with E-state index in [0.29, 0.717) is 16.6 Å². The maximum Gasteiger partial charge on any atom is 0.225 e. The quantitative estimate of drug-likeness (QED) is 0.623. The van der Waals surface area contributed by atoms with Crippen LogP contribution < -0.4 is 10.2 Å². The molecule has 2 aromatic rings. The van der Waals surface area contributed by atoms with E-state index in [1.54, 1.807) is 12.4 Å². The molecule has 0 saturated carbocycles. The van der Waals surface area contributed by atoms with Crippen molar-refractivity contribution in [2.24, 2.45) is 4.99 Å². The molecule has 2 heterocycles. The summed E-state index contributed by atoms with van der Waals surface area (Å²) in [5, 5.41) is 4.85. The molecule has 1 aromatic heterocycles. The highest BCUT2D eigenvalue weighted by Gasteiger charge is 2.22. The molecule has 8 heteroatoms. The summed E-state index contributed by atoms with van der Waals surface area (Å²) in [4.78, 5) is 17.5. The van der Waals surface area contributed by atoms with Crippen LogP contribution in [0.25, 0.3) is 0 Å². The number of guanidine groups is 1. The lowest BCUT2D eigenvalue weighted by atomic mass is 10.0. The van der Waals surface area contributed by atoms with E-state index in [4.69, 9.17) is 23.2 Å². The van der Waals surface area contributed by atoms with Crippen LogP contribution in [0.15, 0.2) is 41.7 Å². The summed E-state index contributed by atoms with van der Waals surface area (Å²) in [6.45, 7) is 6.25. The predicted molar refractivity (Wildman–Crippen MR) is 112 cm³/mol. The number of hydrogen-bond donors (Lipinski definition) is 1. The van der Waals surface area contributed by atoms with Crippen LogP contribution in [0.4, 0.5) is 5.95 Å². The number of rotatable bonds is 4. The van der Waals surface area contributed by atoms with Crippen LogP contribution in [0.5, 0.6) is 0 Å². The summed E-state index contributed by atoms with van der Waals surface area (Å²) in [7, 11) is 1.81. The summed E-state index contributed by atoms with van der Waals surface area (Å²) in [6.07, 6.45) is 3.55. The molecule has 1 aromatic carbocycles. The number of aromatic nitrogens is 2. The van der Waals surface area contributed by atoms with Crippen LogP contribution in [0.1, 0.15) is 18.4 Å². The van der Waals surface area contributed by atoms with Crippen molar-refractivity contribution < 1.29 is 0 Å². The SMILES string of the molecule is CN=C(NCC(C)c1c(Cl)cccc1Cl)N1CCN(c2ncccn2)CC1. The lowest BCUT2D eigenvalue weighted by molar-refractivity contribution is 0.369. The molecule has 0 spiro atoms. The van der Waals surface area contributed by atoms with Gasteiger partial charge in [0.25, 0.3) is 0 Å². The number of aliphatic imine (C=N–C) groups is 1. The van der Waals surface area contributed by atoms with Crippen molar-refractivity contribution in [1.82, 2.24) is 20.2 Å². The molecule has 1 aliphatic heterocycles. The van der Waals surface area contributed by atoms with Crippen LogP contribution >= 0.6 is 23.2 Å². The number of hydrogen-bond acceptors (Lipinski definition) is 4. The Morgan fingerprint density at radius 3 is 2.33 bits per heavy atom. The second-order valence-corrected chi connectivity index (χ2v) is 7.30. The summed E-state index contributed by atoms with van der Waals surface area (Å²) in [5.41, 5.74) is 0.967. The number of benzene rings is 1. The highest BCUT2D eigenvalue weighted by atomic mass is 35.5. The van der Waals surface area contributed by atoms with Gasteiger partial charge in [-0.2, -0.15) is 0 Å². The van der Waals surface area contributed by atoms with E-state index in [-0.39, 0.29) is 5.92 Å². The van der Waals surface area contributed by atoms with E-state index in [0.717, 1.165) is 43.7 Å². The number of nitrogens with one attached hydrogen (secondary N) is 1. The zero-order valence-electron chi connectivity index (χ0n) is 15.6. The molecular weight excluding hydrogens is 383 g/mol. The maximum atomic E-state index is 6.33. The van der Waals surface area contributed by atoms with Crippen molar-refractivity contribution >= 4 is 35.1 Å². The molecule has 27 heavy (non-hydrogen) atoms. The van der Waals surface area contributed by atoms with Gasteiger partial charge >= 0.3 is 0 Å². The molecule has 0 bridgehead atoms. The molecule has 1 N–H and O–H groups in total. The first-order chi connectivity index (χ1) is 13.1. The second kappa shape index (κ2) is 9.24. The van der Waals surface area contributed by atoms with Gasteiger partial charge in [0, 0.05) is 68.1 Å². The van der Waals surface area contributed by atoms with Crippen molar-refractivity contribution in [3.8, 4) is 0 Å². The molecule has 1 saturated heterocycles. The summed E-state index contributed by atoms with van der Waals surface area (Å²) in [6, 6.07) is 7.44. The van der Waals surface area contributed by atoms with Crippen molar-refractivity contribution in [2.45, 2.75) is 12.8 Å². The lowest BCUT2D eigenvalue weighted by Gasteiger charge is -2.36. The number of piperazine rings is 1. The van der Waals surface area contributed by atoms with Crippen LogP contribution in [0, 0.1) is 0 Å². The molecule has 1 atom stereocenters. The largest absolute Gasteiger partial charge is 0.356 e. The van der Waals surface area contributed by atoms with Gasteiger partial charge in [0.2, 0.25) is 5.95 Å². The zero-order chi connectivity index (χ0) is 19.2. The van der Waals surface area contributed by atoms with Crippen molar-refractivity contribution in [3.63, 3.8) is 0 Å². The van der Waals surface area contributed by atoms with Gasteiger partial charge in [-0.3, -0.25) is 4.99 Å². The van der Waals surface area contributed by atoms with E-state index in [1.807, 2.05) is 31.3 Å². The van der Waals surface area contributed by atoms with Gasteiger partial charge in [-0.15, -0.1) is 0 Å². The lowest BCUT2D eigenvalue weighted by Crippen LogP contribution is -2.53. The fraction of sp³-hybridized carbons (Fsp3) is 0.421.